The van der Waals surface area contributed by atoms with Crippen LogP contribution < -0.4 is 0 Å². The molecular weight excluding hydrogens is 188 g/mol. The molecule has 68 valence electrons. The number of nitrogens with zero attached hydrogens (tertiary/aromatic N) is 4. The molecule has 0 radical (unpaired) electrons. The number of fused-ring (bicyclic) bond motifs is 1. The van der Waals surface area contributed by atoms with Gasteiger partial charge in [-0.1, -0.05) is 11.2 Å². The predicted molar refractivity (Wildman–Crippen MR) is 51.7 cm³/mol. The van der Waals surface area contributed by atoms with Crippen molar-refractivity contribution in [2.24, 2.45) is 5.11 Å². The fourth-order valence-electron chi connectivity index (χ4n) is 1.57. The number of halogens is 1. The highest BCUT2D eigenvalue weighted by Crippen LogP contribution is 2.31. The molecule has 2 rings (SSSR count). The molecule has 1 aromatic rings. The van der Waals surface area contributed by atoms with Gasteiger partial charge in [0.05, 0.1) is 11.7 Å². The maximum atomic E-state index is 8.28. The van der Waals surface area contributed by atoms with Gasteiger partial charge in [0.1, 0.15) is 0 Å². The lowest BCUT2D eigenvalue weighted by molar-refractivity contribution is 0.692. The van der Waals surface area contributed by atoms with E-state index in [0.717, 1.165) is 18.5 Å². The molecule has 0 aliphatic heterocycles. The molecule has 0 bridgehead atoms. The lowest BCUT2D eigenvalue weighted by atomic mass is 10.2. The normalized spacial score (nSPS) is 18.3. The van der Waals surface area contributed by atoms with Crippen molar-refractivity contribution in [1.82, 2.24) is 4.98 Å². The summed E-state index contributed by atoms with van der Waals surface area (Å²) in [5, 5.41) is 3.68. The number of azide groups is 1. The largest absolute Gasteiger partial charge is 0.261 e. The van der Waals surface area contributed by atoms with E-state index in [9.17, 15) is 0 Å². The minimum Gasteiger partial charge on any atom is -0.261 e. The van der Waals surface area contributed by atoms with Crippen molar-refractivity contribution in [3.05, 3.63) is 40.0 Å². The summed E-state index contributed by atoms with van der Waals surface area (Å²) in [5.74, 6) is 0. The summed E-state index contributed by atoms with van der Waals surface area (Å²) in [6.07, 6.45) is 3.62. The average molecular weight is 197 g/mol. The van der Waals surface area contributed by atoms with Crippen molar-refractivity contribution in [2.75, 3.05) is 0 Å². The molecule has 0 amide bonds. The summed E-state index contributed by atoms with van der Waals surface area (Å²) in [4.78, 5) is 7.00. The minimum absolute atomic E-state index is 0. The van der Waals surface area contributed by atoms with Gasteiger partial charge in [-0.05, 0) is 30.0 Å². The van der Waals surface area contributed by atoms with E-state index >= 15 is 0 Å². The number of hydrogen-bond acceptors (Lipinski definition) is 2. The van der Waals surface area contributed by atoms with Crippen LogP contribution in [0, 0.1) is 0 Å². The smallest absolute Gasteiger partial charge is 0.0803 e. The quantitative estimate of drug-likeness (QED) is 0.387. The Morgan fingerprint density at radius 3 is 3.23 bits per heavy atom. The summed E-state index contributed by atoms with van der Waals surface area (Å²) in [5.41, 5.74) is 10.5. The molecule has 0 fully saturated rings. The van der Waals surface area contributed by atoms with Gasteiger partial charge in [-0.25, -0.2) is 0 Å². The zero-order valence-corrected chi connectivity index (χ0v) is 7.74. The summed E-state index contributed by atoms with van der Waals surface area (Å²) < 4.78 is 0. The Labute approximate surface area is 82.0 Å². The molecule has 0 saturated carbocycles. The molecule has 0 saturated heterocycles. The number of hydrogen-bond donors (Lipinski definition) is 0. The van der Waals surface area contributed by atoms with Crippen LogP contribution in [0.3, 0.4) is 0 Å². The first-order valence-corrected chi connectivity index (χ1v) is 3.90. The first kappa shape index (κ1) is 9.84. The minimum atomic E-state index is -0.0359. The molecule has 1 atom stereocenters. The second-order valence-electron chi connectivity index (χ2n) is 2.81. The number of pyridine rings is 1. The van der Waals surface area contributed by atoms with Gasteiger partial charge in [0, 0.05) is 11.1 Å². The summed E-state index contributed by atoms with van der Waals surface area (Å²) in [6.45, 7) is 0. The molecule has 1 aliphatic carbocycles. The topological polar surface area (TPSA) is 61.7 Å². The van der Waals surface area contributed by atoms with E-state index in [4.69, 9.17) is 5.53 Å². The molecule has 5 heteroatoms. The Hall–Kier alpha value is -1.25. The van der Waals surface area contributed by atoms with Gasteiger partial charge in [0.25, 0.3) is 0 Å². The monoisotopic (exact) mass is 196 g/mol. The number of aromatic nitrogens is 1. The summed E-state index contributed by atoms with van der Waals surface area (Å²) >= 11 is 0. The highest BCUT2D eigenvalue weighted by Gasteiger charge is 2.21. The average Bonchev–Trinajstić information content (AvgIpc) is 2.50. The van der Waals surface area contributed by atoms with Crippen molar-refractivity contribution >= 4 is 12.4 Å². The molecule has 1 aromatic heterocycles. The maximum absolute atomic E-state index is 8.28. The van der Waals surface area contributed by atoms with Crippen LogP contribution in [0.1, 0.15) is 23.7 Å². The fourth-order valence-corrected chi connectivity index (χ4v) is 1.57. The van der Waals surface area contributed by atoms with Crippen LogP contribution in [-0.2, 0) is 6.42 Å². The molecular formula is C8H9ClN4. The van der Waals surface area contributed by atoms with E-state index in [-0.39, 0.29) is 18.4 Å². The first-order valence-electron chi connectivity index (χ1n) is 3.90. The third-order valence-electron chi connectivity index (χ3n) is 2.12. The van der Waals surface area contributed by atoms with Crippen LogP contribution in [-0.4, -0.2) is 4.98 Å². The van der Waals surface area contributed by atoms with Crippen LogP contribution >= 0.6 is 12.4 Å². The van der Waals surface area contributed by atoms with Gasteiger partial charge >= 0.3 is 0 Å². The molecule has 0 aromatic carbocycles. The number of aryl methyl sites for hydroxylation is 1. The zero-order chi connectivity index (χ0) is 8.39. The van der Waals surface area contributed by atoms with Gasteiger partial charge in [0.15, 0.2) is 0 Å². The lowest BCUT2D eigenvalue weighted by Crippen LogP contribution is -1.90. The molecule has 1 unspecified atom stereocenters. The van der Waals surface area contributed by atoms with Gasteiger partial charge in [0.2, 0.25) is 0 Å². The predicted octanol–water partition coefficient (Wildman–Crippen LogP) is 2.80. The molecule has 1 heterocycles. The van der Waals surface area contributed by atoms with E-state index in [1.54, 1.807) is 6.20 Å². The van der Waals surface area contributed by atoms with Crippen molar-refractivity contribution in [2.45, 2.75) is 18.9 Å². The van der Waals surface area contributed by atoms with Crippen LogP contribution in [0.5, 0.6) is 0 Å². The van der Waals surface area contributed by atoms with E-state index in [2.05, 4.69) is 15.0 Å². The summed E-state index contributed by atoms with van der Waals surface area (Å²) in [6, 6.07) is 3.91. The highest BCUT2D eigenvalue weighted by atomic mass is 35.5. The van der Waals surface area contributed by atoms with Crippen LogP contribution in [0.4, 0.5) is 0 Å². The van der Waals surface area contributed by atoms with Gasteiger partial charge < -0.3 is 0 Å². The summed E-state index contributed by atoms with van der Waals surface area (Å²) in [7, 11) is 0. The van der Waals surface area contributed by atoms with E-state index < -0.39 is 0 Å². The van der Waals surface area contributed by atoms with Crippen molar-refractivity contribution in [1.29, 1.82) is 0 Å². The Morgan fingerprint density at radius 2 is 2.46 bits per heavy atom. The SMILES string of the molecule is Cl.[N-]=[N+]=NC1CCc2cccnc21. The standard InChI is InChI=1S/C8H8N4.ClH/c9-12-11-7-4-3-6-2-1-5-10-8(6)7;/h1-2,5,7H,3-4H2;1H. The van der Waals surface area contributed by atoms with Crippen molar-refractivity contribution < 1.29 is 0 Å². The first-order chi connectivity index (χ1) is 5.92. The molecule has 13 heavy (non-hydrogen) atoms. The molecule has 0 N–H and O–H groups in total. The van der Waals surface area contributed by atoms with Crippen LogP contribution in [0.2, 0.25) is 0 Å². The third kappa shape index (κ3) is 1.74. The van der Waals surface area contributed by atoms with E-state index in [1.807, 2.05) is 12.1 Å². The second kappa shape index (κ2) is 4.12. The Morgan fingerprint density at radius 1 is 1.62 bits per heavy atom. The second-order valence-corrected chi connectivity index (χ2v) is 2.81. The molecule has 0 spiro atoms. The van der Waals surface area contributed by atoms with Crippen LogP contribution in [0.25, 0.3) is 10.4 Å². The van der Waals surface area contributed by atoms with E-state index in [1.165, 1.54) is 5.56 Å². The fraction of sp³-hybridized carbons (Fsp3) is 0.375. The third-order valence-corrected chi connectivity index (χ3v) is 2.12. The van der Waals surface area contributed by atoms with Crippen LogP contribution in [0.15, 0.2) is 23.4 Å². The maximum Gasteiger partial charge on any atom is 0.0803 e. The Bertz CT molecular complexity index is 346. The number of rotatable bonds is 1. The van der Waals surface area contributed by atoms with E-state index in [0.29, 0.717) is 0 Å². The van der Waals surface area contributed by atoms with Gasteiger partial charge in [-0.15, -0.1) is 12.4 Å². The lowest BCUT2D eigenvalue weighted by Gasteiger charge is -2.00. The molecule has 4 nitrogen and oxygen atoms in total. The Kier molecular flexibility index (Phi) is 3.12. The highest BCUT2D eigenvalue weighted by molar-refractivity contribution is 5.85. The molecule has 1 aliphatic rings. The van der Waals surface area contributed by atoms with Crippen molar-refractivity contribution in [3.63, 3.8) is 0 Å². The van der Waals surface area contributed by atoms with Gasteiger partial charge in [-0.3, -0.25) is 4.98 Å². The zero-order valence-electron chi connectivity index (χ0n) is 6.92. The van der Waals surface area contributed by atoms with Gasteiger partial charge in [-0.2, -0.15) is 0 Å². The Balaban J connectivity index is 0.000000845. The van der Waals surface area contributed by atoms with Crippen molar-refractivity contribution in [3.8, 4) is 0 Å².